The van der Waals surface area contributed by atoms with Gasteiger partial charge in [0.15, 0.2) is 0 Å². The summed E-state index contributed by atoms with van der Waals surface area (Å²) in [6, 6.07) is -0.00815. The van der Waals surface area contributed by atoms with Crippen LogP contribution in [0.1, 0.15) is 13.3 Å². The molecule has 6 heteroatoms. The van der Waals surface area contributed by atoms with Crippen molar-refractivity contribution >= 4 is 10.2 Å². The van der Waals surface area contributed by atoms with E-state index < -0.39 is 10.2 Å². The van der Waals surface area contributed by atoms with E-state index in [0.717, 1.165) is 6.42 Å². The maximum absolute atomic E-state index is 11.2. The molecule has 0 aromatic heterocycles. The molecule has 5 nitrogen and oxygen atoms in total. The molecule has 0 amide bonds. The van der Waals surface area contributed by atoms with Crippen LogP contribution in [-0.2, 0) is 14.9 Å². The molecule has 0 saturated carbocycles. The molecule has 2 N–H and O–H groups in total. The third-order valence-corrected chi connectivity index (χ3v) is 3.37. The van der Waals surface area contributed by atoms with Crippen molar-refractivity contribution in [2.24, 2.45) is 5.92 Å². The van der Waals surface area contributed by atoms with E-state index in [4.69, 9.17) is 4.74 Å². The first-order valence-electron chi connectivity index (χ1n) is 4.33. The van der Waals surface area contributed by atoms with Gasteiger partial charge in [-0.2, -0.15) is 13.1 Å². The van der Waals surface area contributed by atoms with Crippen molar-refractivity contribution in [3.05, 3.63) is 0 Å². The molecule has 2 unspecified atom stereocenters. The molecule has 1 aliphatic rings. The molecule has 0 radical (unpaired) electrons. The summed E-state index contributed by atoms with van der Waals surface area (Å²) >= 11 is 0. The van der Waals surface area contributed by atoms with Crippen molar-refractivity contribution in [1.29, 1.82) is 0 Å². The molecule has 1 rings (SSSR count). The fourth-order valence-electron chi connectivity index (χ4n) is 1.31. The van der Waals surface area contributed by atoms with Crippen molar-refractivity contribution in [2.75, 3.05) is 20.3 Å². The Balaban J connectivity index is 2.52. The smallest absolute Gasteiger partial charge is 0.276 e. The lowest BCUT2D eigenvalue weighted by Gasteiger charge is -2.28. The Morgan fingerprint density at radius 2 is 2.15 bits per heavy atom. The van der Waals surface area contributed by atoms with Gasteiger partial charge in [-0.25, -0.2) is 4.72 Å². The summed E-state index contributed by atoms with van der Waals surface area (Å²) in [5, 5.41) is 0. The van der Waals surface area contributed by atoms with Crippen LogP contribution in [0.4, 0.5) is 0 Å². The number of hydrogen-bond donors (Lipinski definition) is 2. The Morgan fingerprint density at radius 3 is 2.69 bits per heavy atom. The van der Waals surface area contributed by atoms with Crippen molar-refractivity contribution < 1.29 is 13.2 Å². The molecular weight excluding hydrogens is 192 g/mol. The fourth-order valence-corrected chi connectivity index (χ4v) is 2.18. The lowest BCUT2D eigenvalue weighted by molar-refractivity contribution is 0.0449. The maximum atomic E-state index is 11.2. The first-order chi connectivity index (χ1) is 6.05. The summed E-state index contributed by atoms with van der Waals surface area (Å²) in [7, 11) is -1.91. The Labute approximate surface area is 79.0 Å². The SMILES string of the molecule is CNS(=O)(=O)NC1CCOCC1C. The minimum atomic E-state index is -3.31. The molecule has 0 aromatic rings. The normalized spacial score (nSPS) is 30.3. The van der Waals surface area contributed by atoms with Crippen LogP contribution < -0.4 is 9.44 Å². The summed E-state index contributed by atoms with van der Waals surface area (Å²) in [5.41, 5.74) is 0. The van der Waals surface area contributed by atoms with Crippen LogP contribution in [0, 0.1) is 5.92 Å². The van der Waals surface area contributed by atoms with E-state index in [1.165, 1.54) is 7.05 Å². The van der Waals surface area contributed by atoms with E-state index in [-0.39, 0.29) is 12.0 Å². The van der Waals surface area contributed by atoms with Gasteiger partial charge < -0.3 is 4.74 Å². The maximum Gasteiger partial charge on any atom is 0.276 e. The molecule has 13 heavy (non-hydrogen) atoms. The quantitative estimate of drug-likeness (QED) is 0.655. The van der Waals surface area contributed by atoms with Crippen LogP contribution in [0.5, 0.6) is 0 Å². The standard InChI is InChI=1S/C7H16N2O3S/c1-6-5-12-4-3-7(6)9-13(10,11)8-2/h6-9H,3-5H2,1-2H3. The highest BCUT2D eigenvalue weighted by atomic mass is 32.2. The minimum Gasteiger partial charge on any atom is -0.381 e. The first kappa shape index (κ1) is 10.9. The fraction of sp³-hybridized carbons (Fsp3) is 1.00. The van der Waals surface area contributed by atoms with E-state index in [9.17, 15) is 8.42 Å². The third-order valence-electron chi connectivity index (χ3n) is 2.22. The second kappa shape index (κ2) is 4.36. The minimum absolute atomic E-state index is 0.00815. The zero-order valence-corrected chi connectivity index (χ0v) is 8.73. The van der Waals surface area contributed by atoms with E-state index in [2.05, 4.69) is 9.44 Å². The second-order valence-corrected chi connectivity index (χ2v) is 4.92. The zero-order valence-electron chi connectivity index (χ0n) is 7.91. The number of hydrogen-bond acceptors (Lipinski definition) is 3. The predicted octanol–water partition coefficient (Wildman–Crippen LogP) is -0.535. The van der Waals surface area contributed by atoms with Crippen molar-refractivity contribution in [3.63, 3.8) is 0 Å². The van der Waals surface area contributed by atoms with Gasteiger partial charge in [-0.3, -0.25) is 0 Å². The van der Waals surface area contributed by atoms with E-state index >= 15 is 0 Å². The van der Waals surface area contributed by atoms with Crippen LogP contribution in [0.25, 0.3) is 0 Å². The number of nitrogens with one attached hydrogen (secondary N) is 2. The third kappa shape index (κ3) is 3.22. The van der Waals surface area contributed by atoms with Crippen molar-refractivity contribution in [1.82, 2.24) is 9.44 Å². The van der Waals surface area contributed by atoms with E-state index in [0.29, 0.717) is 13.2 Å². The molecular formula is C7H16N2O3S. The zero-order chi connectivity index (χ0) is 9.90. The molecule has 1 aliphatic heterocycles. The van der Waals surface area contributed by atoms with Gasteiger partial charge >= 0.3 is 0 Å². The van der Waals surface area contributed by atoms with E-state index in [1.54, 1.807) is 0 Å². The number of rotatable bonds is 3. The van der Waals surface area contributed by atoms with Crippen molar-refractivity contribution in [3.8, 4) is 0 Å². The molecule has 0 aliphatic carbocycles. The Kier molecular flexibility index (Phi) is 3.66. The lowest BCUT2D eigenvalue weighted by Crippen LogP contribution is -2.47. The van der Waals surface area contributed by atoms with Gasteiger partial charge in [-0.05, 0) is 12.3 Å². The van der Waals surface area contributed by atoms with Crippen LogP contribution in [0.15, 0.2) is 0 Å². The van der Waals surface area contributed by atoms with Crippen LogP contribution in [0.2, 0.25) is 0 Å². The van der Waals surface area contributed by atoms with Crippen LogP contribution >= 0.6 is 0 Å². The molecule has 78 valence electrons. The Hall–Kier alpha value is -0.170. The molecule has 2 atom stereocenters. The molecule has 1 saturated heterocycles. The van der Waals surface area contributed by atoms with Gasteiger partial charge in [-0.15, -0.1) is 0 Å². The van der Waals surface area contributed by atoms with E-state index in [1.807, 2.05) is 6.92 Å². The van der Waals surface area contributed by atoms with Crippen LogP contribution in [0.3, 0.4) is 0 Å². The summed E-state index contributed by atoms with van der Waals surface area (Å²) in [6.07, 6.45) is 0.738. The molecule has 0 aromatic carbocycles. The Bertz CT molecular complexity index is 252. The molecule has 1 fully saturated rings. The highest BCUT2D eigenvalue weighted by Gasteiger charge is 2.25. The second-order valence-electron chi connectivity index (χ2n) is 3.27. The van der Waals surface area contributed by atoms with Crippen LogP contribution in [-0.4, -0.2) is 34.7 Å². The van der Waals surface area contributed by atoms with Gasteiger partial charge in [0.1, 0.15) is 0 Å². The number of ether oxygens (including phenoxy) is 1. The monoisotopic (exact) mass is 208 g/mol. The molecule has 0 spiro atoms. The summed E-state index contributed by atoms with van der Waals surface area (Å²) < 4.78 is 32.3. The predicted molar refractivity (Wildman–Crippen MR) is 49.5 cm³/mol. The van der Waals surface area contributed by atoms with Gasteiger partial charge in [0.25, 0.3) is 10.2 Å². The lowest BCUT2D eigenvalue weighted by atomic mass is 9.99. The summed E-state index contributed by atoms with van der Waals surface area (Å²) in [4.78, 5) is 0. The Morgan fingerprint density at radius 1 is 1.46 bits per heavy atom. The summed E-state index contributed by atoms with van der Waals surface area (Å²) in [5.74, 6) is 0.233. The van der Waals surface area contributed by atoms with Crippen molar-refractivity contribution in [2.45, 2.75) is 19.4 Å². The van der Waals surface area contributed by atoms with Gasteiger partial charge in [0.05, 0.1) is 6.61 Å². The largest absolute Gasteiger partial charge is 0.381 e. The average molecular weight is 208 g/mol. The average Bonchev–Trinajstić information content (AvgIpc) is 2.09. The molecule has 1 heterocycles. The highest BCUT2D eigenvalue weighted by molar-refractivity contribution is 7.87. The first-order valence-corrected chi connectivity index (χ1v) is 5.82. The van der Waals surface area contributed by atoms with Gasteiger partial charge in [0.2, 0.25) is 0 Å². The topological polar surface area (TPSA) is 67.4 Å². The highest BCUT2D eigenvalue weighted by Crippen LogP contribution is 2.14. The summed E-state index contributed by atoms with van der Waals surface area (Å²) in [6.45, 7) is 3.22. The van der Waals surface area contributed by atoms with Gasteiger partial charge in [-0.1, -0.05) is 6.92 Å². The van der Waals surface area contributed by atoms with Gasteiger partial charge in [0, 0.05) is 19.7 Å². The molecule has 0 bridgehead atoms.